The topological polar surface area (TPSA) is 83.5 Å². The van der Waals surface area contributed by atoms with Gasteiger partial charge in [-0.3, -0.25) is 0 Å². The third-order valence-corrected chi connectivity index (χ3v) is 5.50. The molecule has 1 heterocycles. The van der Waals surface area contributed by atoms with Gasteiger partial charge in [-0.05, 0) is 47.0 Å². The summed E-state index contributed by atoms with van der Waals surface area (Å²) in [6.45, 7) is 0. The lowest BCUT2D eigenvalue weighted by molar-refractivity contribution is 0.0697. The summed E-state index contributed by atoms with van der Waals surface area (Å²) in [6.07, 6.45) is 1.16. The summed E-state index contributed by atoms with van der Waals surface area (Å²) < 4.78 is 23.3. The fourth-order valence-electron chi connectivity index (χ4n) is 2.02. The maximum absolute atomic E-state index is 11.3. The van der Waals surface area contributed by atoms with E-state index in [1.165, 1.54) is 12.1 Å². The molecule has 0 aliphatic carbocycles. The number of carbonyl (C=O) groups is 1. The van der Waals surface area contributed by atoms with E-state index in [1.54, 1.807) is 6.07 Å². The largest absolute Gasteiger partial charge is 0.478 e. The summed E-state index contributed by atoms with van der Waals surface area (Å²) in [5, 5.41) is 12.1. The lowest BCUT2D eigenvalue weighted by Gasteiger charge is -2.24. The SMILES string of the molecule is O=C(O)c1ccc(NC2CCS(=O)(=O)CC2)c(Br)c1. The van der Waals surface area contributed by atoms with Crippen LogP contribution in [0.4, 0.5) is 5.69 Å². The van der Waals surface area contributed by atoms with E-state index in [0.717, 1.165) is 5.69 Å². The molecule has 7 heteroatoms. The molecule has 0 aromatic heterocycles. The fourth-order valence-corrected chi connectivity index (χ4v) is 4.00. The normalized spacial score (nSPS) is 19.0. The van der Waals surface area contributed by atoms with Crippen molar-refractivity contribution in [2.45, 2.75) is 18.9 Å². The molecule has 1 aromatic rings. The van der Waals surface area contributed by atoms with Gasteiger partial charge in [0, 0.05) is 16.2 Å². The molecule has 1 aliphatic rings. The van der Waals surface area contributed by atoms with Crippen LogP contribution in [0, 0.1) is 0 Å². The first kappa shape index (κ1) is 14.3. The van der Waals surface area contributed by atoms with Crippen molar-refractivity contribution in [2.75, 3.05) is 16.8 Å². The molecule has 1 aromatic carbocycles. The molecule has 1 saturated heterocycles. The minimum atomic E-state index is -2.87. The number of sulfone groups is 1. The van der Waals surface area contributed by atoms with E-state index in [1.807, 2.05) is 0 Å². The summed E-state index contributed by atoms with van der Waals surface area (Å²) in [5.74, 6) is -0.568. The number of nitrogens with one attached hydrogen (secondary N) is 1. The molecule has 1 aliphatic heterocycles. The monoisotopic (exact) mass is 347 g/mol. The Morgan fingerprint density at radius 3 is 2.47 bits per heavy atom. The van der Waals surface area contributed by atoms with Crippen LogP contribution >= 0.6 is 15.9 Å². The Bertz CT molecular complexity index is 586. The second kappa shape index (κ2) is 5.50. The van der Waals surface area contributed by atoms with Crippen LogP contribution in [0.1, 0.15) is 23.2 Å². The van der Waals surface area contributed by atoms with Gasteiger partial charge in [-0.2, -0.15) is 0 Å². The standard InChI is InChI=1S/C12H14BrNO4S/c13-10-7-8(12(15)16)1-2-11(10)14-9-3-5-19(17,18)6-4-9/h1-2,7,9,14H,3-6H2,(H,15,16). The number of benzene rings is 1. The number of anilines is 1. The van der Waals surface area contributed by atoms with Gasteiger partial charge in [0.05, 0.1) is 17.1 Å². The van der Waals surface area contributed by atoms with Gasteiger partial charge in [-0.25, -0.2) is 13.2 Å². The van der Waals surface area contributed by atoms with E-state index in [2.05, 4.69) is 21.2 Å². The van der Waals surface area contributed by atoms with Crippen molar-refractivity contribution in [3.63, 3.8) is 0 Å². The summed E-state index contributed by atoms with van der Waals surface area (Å²) in [5.41, 5.74) is 0.998. The first-order chi connectivity index (χ1) is 8.87. The van der Waals surface area contributed by atoms with E-state index in [0.29, 0.717) is 17.3 Å². The van der Waals surface area contributed by atoms with Crippen LogP contribution < -0.4 is 5.32 Å². The predicted molar refractivity (Wildman–Crippen MR) is 76.4 cm³/mol. The van der Waals surface area contributed by atoms with Gasteiger partial charge in [-0.1, -0.05) is 0 Å². The number of hydrogen-bond acceptors (Lipinski definition) is 4. The molecule has 0 bridgehead atoms. The molecule has 104 valence electrons. The molecular weight excluding hydrogens is 334 g/mol. The Kier molecular flexibility index (Phi) is 4.15. The molecule has 0 radical (unpaired) electrons. The number of aromatic carboxylic acids is 1. The summed E-state index contributed by atoms with van der Waals surface area (Å²) >= 11 is 3.32. The van der Waals surface area contributed by atoms with Gasteiger partial charge in [-0.15, -0.1) is 0 Å². The van der Waals surface area contributed by atoms with Crippen LogP contribution in [-0.4, -0.2) is 37.0 Å². The number of carboxylic acids is 1. The quantitative estimate of drug-likeness (QED) is 0.874. The first-order valence-corrected chi connectivity index (χ1v) is 8.48. The van der Waals surface area contributed by atoms with Gasteiger partial charge in [0.15, 0.2) is 0 Å². The molecule has 0 amide bonds. The van der Waals surface area contributed by atoms with E-state index in [9.17, 15) is 13.2 Å². The third-order valence-electron chi connectivity index (χ3n) is 3.13. The molecule has 1 fully saturated rings. The zero-order valence-corrected chi connectivity index (χ0v) is 12.5. The molecule has 0 saturated carbocycles. The highest BCUT2D eigenvalue weighted by Crippen LogP contribution is 2.26. The fraction of sp³-hybridized carbons (Fsp3) is 0.417. The highest BCUT2D eigenvalue weighted by molar-refractivity contribution is 9.10. The van der Waals surface area contributed by atoms with Crippen molar-refractivity contribution in [1.82, 2.24) is 0 Å². The number of carboxylic acid groups (broad SMARTS) is 1. The van der Waals surface area contributed by atoms with Crippen LogP contribution in [0.15, 0.2) is 22.7 Å². The van der Waals surface area contributed by atoms with Gasteiger partial charge < -0.3 is 10.4 Å². The molecule has 0 spiro atoms. The molecule has 5 nitrogen and oxygen atoms in total. The Morgan fingerprint density at radius 1 is 1.32 bits per heavy atom. The minimum absolute atomic E-state index is 0.107. The van der Waals surface area contributed by atoms with Gasteiger partial charge in [0.25, 0.3) is 0 Å². The third kappa shape index (κ3) is 3.70. The highest BCUT2D eigenvalue weighted by atomic mass is 79.9. The van der Waals surface area contributed by atoms with Crippen LogP contribution in [0.2, 0.25) is 0 Å². The lowest BCUT2D eigenvalue weighted by atomic mass is 10.1. The lowest BCUT2D eigenvalue weighted by Crippen LogP contribution is -2.32. The Balaban J connectivity index is 2.06. The van der Waals surface area contributed by atoms with Crippen molar-refractivity contribution < 1.29 is 18.3 Å². The average Bonchev–Trinajstić information content (AvgIpc) is 2.34. The second-order valence-corrected chi connectivity index (χ2v) is 7.73. The molecule has 2 rings (SSSR count). The van der Waals surface area contributed by atoms with Gasteiger partial charge in [0.1, 0.15) is 9.84 Å². The number of halogens is 1. The Labute approximate surface area is 120 Å². The van der Waals surface area contributed by atoms with Crippen molar-refractivity contribution in [3.8, 4) is 0 Å². The van der Waals surface area contributed by atoms with Crippen molar-refractivity contribution in [3.05, 3.63) is 28.2 Å². The zero-order chi connectivity index (χ0) is 14.0. The van der Waals surface area contributed by atoms with E-state index < -0.39 is 15.8 Å². The molecule has 2 N–H and O–H groups in total. The van der Waals surface area contributed by atoms with Crippen LogP contribution in [0.3, 0.4) is 0 Å². The molecule has 19 heavy (non-hydrogen) atoms. The van der Waals surface area contributed by atoms with Crippen LogP contribution in [0.25, 0.3) is 0 Å². The van der Waals surface area contributed by atoms with E-state index in [-0.39, 0.29) is 23.1 Å². The molecule has 0 unspecified atom stereocenters. The van der Waals surface area contributed by atoms with Crippen LogP contribution in [-0.2, 0) is 9.84 Å². The van der Waals surface area contributed by atoms with E-state index in [4.69, 9.17) is 5.11 Å². The predicted octanol–water partition coefficient (Wildman–Crippen LogP) is 2.14. The van der Waals surface area contributed by atoms with Crippen molar-refractivity contribution >= 4 is 37.4 Å². The summed E-state index contributed by atoms with van der Waals surface area (Å²) in [4.78, 5) is 10.8. The molecular formula is C12H14BrNO4S. The maximum Gasteiger partial charge on any atom is 0.335 e. The average molecular weight is 348 g/mol. The van der Waals surface area contributed by atoms with E-state index >= 15 is 0 Å². The maximum atomic E-state index is 11.3. The smallest absolute Gasteiger partial charge is 0.335 e. The number of hydrogen-bond donors (Lipinski definition) is 2. The van der Waals surface area contributed by atoms with Crippen molar-refractivity contribution in [1.29, 1.82) is 0 Å². The van der Waals surface area contributed by atoms with Crippen LogP contribution in [0.5, 0.6) is 0 Å². The Hall–Kier alpha value is -1.08. The summed E-state index contributed by atoms with van der Waals surface area (Å²) in [7, 11) is -2.87. The highest BCUT2D eigenvalue weighted by Gasteiger charge is 2.23. The van der Waals surface area contributed by atoms with Crippen molar-refractivity contribution in [2.24, 2.45) is 0 Å². The first-order valence-electron chi connectivity index (χ1n) is 5.87. The Morgan fingerprint density at radius 2 is 1.95 bits per heavy atom. The van der Waals surface area contributed by atoms with Gasteiger partial charge >= 0.3 is 5.97 Å². The summed E-state index contributed by atoms with van der Waals surface area (Å²) in [6, 6.07) is 4.85. The van der Waals surface area contributed by atoms with Gasteiger partial charge in [0.2, 0.25) is 0 Å². The zero-order valence-electron chi connectivity index (χ0n) is 10.1. The number of rotatable bonds is 3. The second-order valence-electron chi connectivity index (χ2n) is 4.57. The molecule has 0 atom stereocenters. The minimum Gasteiger partial charge on any atom is -0.478 e.